The van der Waals surface area contributed by atoms with E-state index in [4.69, 9.17) is 10.1 Å². The van der Waals surface area contributed by atoms with Crippen molar-refractivity contribution in [3.05, 3.63) is 64.8 Å². The maximum absolute atomic E-state index is 13.3. The molecule has 0 aliphatic heterocycles. The lowest BCUT2D eigenvalue weighted by atomic mass is 10.0. The number of hydrogen-bond donors (Lipinski definition) is 2. The van der Waals surface area contributed by atoms with Gasteiger partial charge in [-0.15, -0.1) is 0 Å². The minimum absolute atomic E-state index is 0.0731. The van der Waals surface area contributed by atoms with Gasteiger partial charge in [0.15, 0.2) is 0 Å². The van der Waals surface area contributed by atoms with Crippen molar-refractivity contribution in [2.24, 2.45) is 0 Å². The zero-order valence-corrected chi connectivity index (χ0v) is 15.3. The van der Waals surface area contributed by atoms with Gasteiger partial charge in [0.1, 0.15) is 23.7 Å². The Kier molecular flexibility index (Phi) is 5.55. The first-order valence-corrected chi connectivity index (χ1v) is 8.43. The highest BCUT2D eigenvalue weighted by Crippen LogP contribution is 2.37. The van der Waals surface area contributed by atoms with Crippen molar-refractivity contribution >= 4 is 5.71 Å². The number of halogens is 6. The third-order valence-corrected chi connectivity index (χ3v) is 4.15. The third kappa shape index (κ3) is 4.61. The van der Waals surface area contributed by atoms with E-state index < -0.39 is 35.6 Å². The van der Waals surface area contributed by atoms with Crippen LogP contribution in [0.2, 0.25) is 0 Å². The van der Waals surface area contributed by atoms with Gasteiger partial charge in [0.25, 0.3) is 0 Å². The molecule has 2 N–H and O–H groups in total. The van der Waals surface area contributed by atoms with Crippen LogP contribution in [0.15, 0.2) is 42.5 Å². The second kappa shape index (κ2) is 7.81. The molecular weight excluding hydrogens is 414 g/mol. The van der Waals surface area contributed by atoms with Gasteiger partial charge in [0.2, 0.25) is 0 Å². The van der Waals surface area contributed by atoms with Crippen molar-refractivity contribution in [2.75, 3.05) is 0 Å². The normalized spacial score (nSPS) is 12.1. The third-order valence-electron chi connectivity index (χ3n) is 4.15. The van der Waals surface area contributed by atoms with Crippen LogP contribution in [0.4, 0.5) is 26.3 Å². The highest BCUT2D eigenvalue weighted by Gasteiger charge is 2.38. The number of rotatable bonds is 5. The van der Waals surface area contributed by atoms with Gasteiger partial charge in [-0.2, -0.15) is 41.8 Å². The molecule has 0 atom stereocenters. The Hall–Kier alpha value is -3.37. The first kappa shape index (κ1) is 21.3. The van der Waals surface area contributed by atoms with E-state index in [-0.39, 0.29) is 17.5 Å². The number of ether oxygens (including phenoxy) is 1. The van der Waals surface area contributed by atoms with Crippen molar-refractivity contribution in [2.45, 2.75) is 25.9 Å². The van der Waals surface area contributed by atoms with Crippen LogP contribution in [-0.2, 0) is 19.0 Å². The summed E-state index contributed by atoms with van der Waals surface area (Å²) in [7, 11) is 0. The van der Waals surface area contributed by atoms with E-state index in [0.29, 0.717) is 23.0 Å². The second-order valence-corrected chi connectivity index (χ2v) is 6.33. The molecule has 0 aliphatic carbocycles. The van der Waals surface area contributed by atoms with Gasteiger partial charge >= 0.3 is 12.4 Å². The van der Waals surface area contributed by atoms with Gasteiger partial charge in [-0.05, 0) is 31.2 Å². The summed E-state index contributed by atoms with van der Waals surface area (Å²) in [5.74, 6) is 0.178. The predicted octanol–water partition coefficient (Wildman–Crippen LogP) is 5.48. The lowest BCUT2D eigenvalue weighted by Crippen LogP contribution is -2.14. The molecule has 3 rings (SSSR count). The summed E-state index contributed by atoms with van der Waals surface area (Å²) in [6.45, 7) is 0.927. The Bertz CT molecular complexity index is 1070. The number of nitrogens with one attached hydrogen (secondary N) is 2. The molecule has 0 aliphatic rings. The fraction of sp³-hybridized carbons (Fsp3) is 0.211. The molecule has 158 valence electrons. The van der Waals surface area contributed by atoms with E-state index >= 15 is 0 Å². The second-order valence-electron chi connectivity index (χ2n) is 6.33. The van der Waals surface area contributed by atoms with Crippen LogP contribution in [0.5, 0.6) is 5.75 Å². The van der Waals surface area contributed by atoms with E-state index in [1.165, 1.54) is 19.1 Å². The fourth-order valence-electron chi connectivity index (χ4n) is 2.73. The number of benzene rings is 2. The van der Waals surface area contributed by atoms with Crippen LogP contribution in [0.1, 0.15) is 29.3 Å². The van der Waals surface area contributed by atoms with Gasteiger partial charge < -0.3 is 10.1 Å². The topological polar surface area (TPSA) is 74.7 Å². The lowest BCUT2D eigenvalue weighted by molar-refractivity contribution is -0.143. The SMILES string of the molecule is CC(=N)c1n[nH]nc1-c1cccc(OCc2ccc(C(F)(F)F)cc2C(F)(F)F)c1. The molecule has 0 bridgehead atoms. The maximum Gasteiger partial charge on any atom is 0.416 e. The van der Waals surface area contributed by atoms with Crippen molar-refractivity contribution in [1.29, 1.82) is 5.41 Å². The van der Waals surface area contributed by atoms with Gasteiger partial charge in [0, 0.05) is 11.1 Å². The highest BCUT2D eigenvalue weighted by molar-refractivity contribution is 5.99. The summed E-state index contributed by atoms with van der Waals surface area (Å²) >= 11 is 0. The summed E-state index contributed by atoms with van der Waals surface area (Å²) < 4.78 is 83.5. The van der Waals surface area contributed by atoms with Gasteiger partial charge in [0.05, 0.1) is 16.8 Å². The number of alkyl halides is 6. The molecule has 0 radical (unpaired) electrons. The highest BCUT2D eigenvalue weighted by atomic mass is 19.4. The molecule has 30 heavy (non-hydrogen) atoms. The molecule has 0 fully saturated rings. The largest absolute Gasteiger partial charge is 0.489 e. The molecule has 5 nitrogen and oxygen atoms in total. The van der Waals surface area contributed by atoms with Crippen molar-refractivity contribution < 1.29 is 31.1 Å². The Morgan fingerprint density at radius 2 is 1.73 bits per heavy atom. The van der Waals surface area contributed by atoms with Crippen molar-refractivity contribution in [1.82, 2.24) is 15.4 Å². The summed E-state index contributed by atoms with van der Waals surface area (Å²) in [6.07, 6.45) is -9.87. The molecule has 0 saturated heterocycles. The number of aromatic nitrogens is 3. The van der Waals surface area contributed by atoms with Gasteiger partial charge in [-0.3, -0.25) is 0 Å². The number of aromatic amines is 1. The standard InChI is InChI=1S/C19H14F6N4O/c1-10(26)16-17(28-29-27-16)11-3-2-4-14(7-11)30-9-12-5-6-13(18(20,21)22)8-15(12)19(23,24)25/h2-8,26H,9H2,1H3,(H,27,28,29). The lowest BCUT2D eigenvalue weighted by Gasteiger charge is -2.16. The number of nitrogens with zero attached hydrogens (tertiary/aromatic N) is 2. The Morgan fingerprint density at radius 3 is 2.37 bits per heavy atom. The van der Waals surface area contributed by atoms with Gasteiger partial charge in [-0.25, -0.2) is 0 Å². The molecule has 11 heteroatoms. The maximum atomic E-state index is 13.3. The van der Waals surface area contributed by atoms with Crippen molar-refractivity contribution in [3.63, 3.8) is 0 Å². The van der Waals surface area contributed by atoms with Crippen molar-refractivity contribution in [3.8, 4) is 17.0 Å². The molecule has 0 spiro atoms. The van der Waals surface area contributed by atoms with Gasteiger partial charge in [-0.1, -0.05) is 18.2 Å². The zero-order chi connectivity index (χ0) is 22.1. The van der Waals surface area contributed by atoms with E-state index in [2.05, 4.69) is 15.4 Å². The molecule has 1 heterocycles. The fourth-order valence-corrected chi connectivity index (χ4v) is 2.73. The predicted molar refractivity (Wildman–Crippen MR) is 95.1 cm³/mol. The molecule has 3 aromatic rings. The first-order chi connectivity index (χ1) is 14.0. The minimum Gasteiger partial charge on any atom is -0.489 e. The monoisotopic (exact) mass is 428 g/mol. The van der Waals surface area contributed by atoms with E-state index in [0.717, 1.165) is 6.07 Å². The molecule has 2 aromatic carbocycles. The van der Waals surface area contributed by atoms with Crippen LogP contribution in [0.25, 0.3) is 11.3 Å². The first-order valence-electron chi connectivity index (χ1n) is 8.43. The summed E-state index contributed by atoms with van der Waals surface area (Å²) in [5, 5.41) is 17.9. The molecule has 0 amide bonds. The Labute approximate surface area is 166 Å². The summed E-state index contributed by atoms with van der Waals surface area (Å²) in [5.41, 5.74) is -1.91. The van der Waals surface area contributed by atoms with E-state index in [9.17, 15) is 26.3 Å². The average molecular weight is 428 g/mol. The number of H-pyrrole nitrogens is 1. The molecular formula is C19H14F6N4O. The Morgan fingerprint density at radius 1 is 1.00 bits per heavy atom. The molecule has 0 unspecified atom stereocenters. The van der Waals surface area contributed by atoms with E-state index in [1.807, 2.05) is 0 Å². The minimum atomic E-state index is -4.97. The Balaban J connectivity index is 1.87. The van der Waals surface area contributed by atoms with Crippen LogP contribution < -0.4 is 4.74 Å². The van der Waals surface area contributed by atoms with Crippen LogP contribution in [-0.4, -0.2) is 21.1 Å². The molecule has 0 saturated carbocycles. The van der Waals surface area contributed by atoms with E-state index in [1.54, 1.807) is 12.1 Å². The summed E-state index contributed by atoms with van der Waals surface area (Å²) in [6, 6.07) is 7.60. The van der Waals surface area contributed by atoms with Crippen LogP contribution >= 0.6 is 0 Å². The average Bonchev–Trinajstić information content (AvgIpc) is 3.15. The zero-order valence-electron chi connectivity index (χ0n) is 15.3. The van der Waals surface area contributed by atoms with Crippen LogP contribution in [0, 0.1) is 5.41 Å². The summed E-state index contributed by atoms with van der Waals surface area (Å²) in [4.78, 5) is 0. The molecule has 1 aromatic heterocycles. The number of hydrogen-bond acceptors (Lipinski definition) is 4. The smallest absolute Gasteiger partial charge is 0.416 e. The quantitative estimate of drug-likeness (QED) is 0.418. The van der Waals surface area contributed by atoms with Crippen LogP contribution in [0.3, 0.4) is 0 Å².